The summed E-state index contributed by atoms with van der Waals surface area (Å²) in [6, 6.07) is 0. The van der Waals surface area contributed by atoms with Gasteiger partial charge in [-0.05, 0) is 67.6 Å². The Morgan fingerprint density at radius 1 is 0.824 bits per heavy atom. The summed E-state index contributed by atoms with van der Waals surface area (Å²) in [5, 5.41) is 0. The molecule has 4 aliphatic rings. The fourth-order valence-corrected chi connectivity index (χ4v) is 5.60. The van der Waals surface area contributed by atoms with Crippen molar-refractivity contribution in [2.24, 2.45) is 29.1 Å². The lowest BCUT2D eigenvalue weighted by Gasteiger charge is -2.60. The van der Waals surface area contributed by atoms with Crippen molar-refractivity contribution in [2.75, 3.05) is 0 Å². The molecule has 17 heavy (non-hydrogen) atoms. The molecule has 4 saturated carbocycles. The average molecular weight is 234 g/mol. The third-order valence-corrected chi connectivity index (χ3v) is 6.57. The first-order chi connectivity index (χ1) is 8.22. The number of rotatable bonds is 5. The van der Waals surface area contributed by atoms with Crippen LogP contribution in [0.25, 0.3) is 0 Å². The van der Waals surface area contributed by atoms with Crippen molar-refractivity contribution in [3.05, 3.63) is 0 Å². The van der Waals surface area contributed by atoms with Gasteiger partial charge in [0.05, 0.1) is 0 Å². The van der Waals surface area contributed by atoms with Crippen LogP contribution in [0.4, 0.5) is 0 Å². The molecule has 98 valence electrons. The summed E-state index contributed by atoms with van der Waals surface area (Å²) in [4.78, 5) is 0. The summed E-state index contributed by atoms with van der Waals surface area (Å²) >= 11 is 0. The standard InChI is InChI=1S/C17H30/c1-3-4-5-6-7-17(2)15-9-13-8-14(11-15)12-16(17)10-13/h13-16H,3-12H2,1-2H3. The molecule has 0 aromatic carbocycles. The Balaban J connectivity index is 1.61. The predicted octanol–water partition coefficient (Wildman–Crippen LogP) is 5.42. The van der Waals surface area contributed by atoms with E-state index < -0.39 is 0 Å². The van der Waals surface area contributed by atoms with E-state index in [2.05, 4.69) is 13.8 Å². The van der Waals surface area contributed by atoms with Crippen LogP contribution in [0.1, 0.15) is 78.1 Å². The van der Waals surface area contributed by atoms with Crippen LogP contribution in [-0.4, -0.2) is 0 Å². The van der Waals surface area contributed by atoms with E-state index in [1.165, 1.54) is 25.7 Å². The Morgan fingerprint density at radius 2 is 1.41 bits per heavy atom. The summed E-state index contributed by atoms with van der Waals surface area (Å²) in [6.07, 6.45) is 15.3. The van der Waals surface area contributed by atoms with Gasteiger partial charge < -0.3 is 0 Å². The second-order valence-corrected chi connectivity index (χ2v) is 7.62. The van der Waals surface area contributed by atoms with E-state index in [4.69, 9.17) is 0 Å². The average Bonchev–Trinajstić information content (AvgIpc) is 2.31. The van der Waals surface area contributed by atoms with Gasteiger partial charge in [0.1, 0.15) is 0 Å². The molecular formula is C17H30. The predicted molar refractivity (Wildman–Crippen MR) is 73.9 cm³/mol. The Hall–Kier alpha value is 0. The third kappa shape index (κ3) is 2.06. The van der Waals surface area contributed by atoms with E-state index in [1.807, 2.05) is 0 Å². The zero-order chi connectivity index (χ0) is 11.9. The van der Waals surface area contributed by atoms with Crippen LogP contribution in [0.15, 0.2) is 0 Å². The van der Waals surface area contributed by atoms with Crippen LogP contribution in [0.5, 0.6) is 0 Å². The lowest BCUT2D eigenvalue weighted by molar-refractivity contribution is -0.103. The fraction of sp³-hybridized carbons (Fsp3) is 1.00. The van der Waals surface area contributed by atoms with Crippen LogP contribution in [0.3, 0.4) is 0 Å². The summed E-state index contributed by atoms with van der Waals surface area (Å²) in [5.74, 6) is 4.50. The molecule has 0 aromatic rings. The lowest BCUT2D eigenvalue weighted by atomic mass is 9.45. The number of hydrogen-bond donors (Lipinski definition) is 0. The van der Waals surface area contributed by atoms with E-state index in [9.17, 15) is 0 Å². The first-order valence-corrected chi connectivity index (χ1v) is 8.22. The molecule has 0 amide bonds. The molecule has 4 bridgehead atoms. The van der Waals surface area contributed by atoms with Gasteiger partial charge in [-0.2, -0.15) is 0 Å². The second-order valence-electron chi connectivity index (χ2n) is 7.62. The molecule has 0 spiro atoms. The van der Waals surface area contributed by atoms with Crippen molar-refractivity contribution in [3.8, 4) is 0 Å². The van der Waals surface area contributed by atoms with Crippen molar-refractivity contribution in [2.45, 2.75) is 78.1 Å². The zero-order valence-electron chi connectivity index (χ0n) is 11.9. The van der Waals surface area contributed by atoms with E-state index in [1.54, 1.807) is 38.5 Å². The normalized spacial score (nSPS) is 47.6. The SMILES string of the molecule is CCCCCCC1(C)C2CC3CC(C2)CC1C3. The molecule has 0 heterocycles. The van der Waals surface area contributed by atoms with Crippen LogP contribution in [-0.2, 0) is 0 Å². The Kier molecular flexibility index (Phi) is 3.26. The minimum Gasteiger partial charge on any atom is -0.0654 e. The Bertz CT molecular complexity index is 237. The van der Waals surface area contributed by atoms with Crippen molar-refractivity contribution >= 4 is 0 Å². The van der Waals surface area contributed by atoms with Crippen LogP contribution >= 0.6 is 0 Å². The molecule has 0 nitrogen and oxygen atoms in total. The third-order valence-electron chi connectivity index (χ3n) is 6.57. The van der Waals surface area contributed by atoms with E-state index in [0.717, 1.165) is 29.1 Å². The van der Waals surface area contributed by atoms with Gasteiger partial charge in [0, 0.05) is 0 Å². The quantitative estimate of drug-likeness (QED) is 0.557. The monoisotopic (exact) mass is 234 g/mol. The minimum atomic E-state index is 0.751. The molecule has 4 fully saturated rings. The van der Waals surface area contributed by atoms with Crippen LogP contribution in [0.2, 0.25) is 0 Å². The molecular weight excluding hydrogens is 204 g/mol. The highest BCUT2D eigenvalue weighted by Crippen LogP contribution is 2.63. The van der Waals surface area contributed by atoms with Crippen LogP contribution in [0, 0.1) is 29.1 Å². The van der Waals surface area contributed by atoms with Gasteiger partial charge >= 0.3 is 0 Å². The molecule has 0 radical (unpaired) electrons. The second kappa shape index (κ2) is 4.59. The van der Waals surface area contributed by atoms with Gasteiger partial charge in [-0.1, -0.05) is 39.5 Å². The molecule has 0 atom stereocenters. The Morgan fingerprint density at radius 3 is 1.94 bits per heavy atom. The van der Waals surface area contributed by atoms with E-state index in [0.29, 0.717) is 0 Å². The zero-order valence-corrected chi connectivity index (χ0v) is 11.9. The first kappa shape index (κ1) is 12.1. The summed E-state index contributed by atoms with van der Waals surface area (Å²) in [5.41, 5.74) is 0.751. The molecule has 0 unspecified atom stereocenters. The number of hydrogen-bond acceptors (Lipinski definition) is 0. The van der Waals surface area contributed by atoms with E-state index in [-0.39, 0.29) is 0 Å². The van der Waals surface area contributed by atoms with Gasteiger partial charge in [-0.25, -0.2) is 0 Å². The Labute approximate surface area is 108 Å². The van der Waals surface area contributed by atoms with Crippen molar-refractivity contribution in [3.63, 3.8) is 0 Å². The maximum Gasteiger partial charge on any atom is -0.0269 e. The highest BCUT2D eigenvalue weighted by molar-refractivity contribution is 5.03. The maximum atomic E-state index is 2.66. The largest absolute Gasteiger partial charge is 0.0654 e. The smallest absolute Gasteiger partial charge is 0.0269 e. The molecule has 0 N–H and O–H groups in total. The molecule has 0 aliphatic heterocycles. The minimum absolute atomic E-state index is 0.751. The molecule has 0 heteroatoms. The summed E-state index contributed by atoms with van der Waals surface area (Å²) < 4.78 is 0. The van der Waals surface area contributed by atoms with Crippen LogP contribution < -0.4 is 0 Å². The topological polar surface area (TPSA) is 0 Å². The van der Waals surface area contributed by atoms with Gasteiger partial charge in [-0.3, -0.25) is 0 Å². The van der Waals surface area contributed by atoms with Crippen molar-refractivity contribution in [1.29, 1.82) is 0 Å². The molecule has 4 aliphatic carbocycles. The summed E-state index contributed by atoms with van der Waals surface area (Å²) in [7, 11) is 0. The highest BCUT2D eigenvalue weighted by Gasteiger charge is 2.53. The lowest BCUT2D eigenvalue weighted by Crippen LogP contribution is -2.51. The molecule has 4 rings (SSSR count). The van der Waals surface area contributed by atoms with Gasteiger partial charge in [0.15, 0.2) is 0 Å². The van der Waals surface area contributed by atoms with Gasteiger partial charge in [-0.15, -0.1) is 0 Å². The summed E-state index contributed by atoms with van der Waals surface area (Å²) in [6.45, 7) is 4.98. The molecule has 0 saturated heterocycles. The van der Waals surface area contributed by atoms with E-state index >= 15 is 0 Å². The van der Waals surface area contributed by atoms with Crippen molar-refractivity contribution < 1.29 is 0 Å². The highest BCUT2D eigenvalue weighted by atomic mass is 14.6. The molecule has 0 aromatic heterocycles. The number of unbranched alkanes of at least 4 members (excludes halogenated alkanes) is 3. The van der Waals surface area contributed by atoms with Crippen molar-refractivity contribution in [1.82, 2.24) is 0 Å². The fourth-order valence-electron chi connectivity index (χ4n) is 5.60. The maximum absolute atomic E-state index is 2.66. The van der Waals surface area contributed by atoms with Gasteiger partial charge in [0.2, 0.25) is 0 Å². The van der Waals surface area contributed by atoms with Gasteiger partial charge in [0.25, 0.3) is 0 Å². The first-order valence-electron chi connectivity index (χ1n) is 8.22.